The van der Waals surface area contributed by atoms with Crippen molar-refractivity contribution in [1.29, 1.82) is 0 Å². The second-order valence-electron chi connectivity index (χ2n) is 3.04. The van der Waals surface area contributed by atoms with Crippen molar-refractivity contribution in [3.8, 4) is 0 Å². The van der Waals surface area contributed by atoms with E-state index in [0.29, 0.717) is 0 Å². The van der Waals surface area contributed by atoms with Gasteiger partial charge in [-0.25, -0.2) is 0 Å². The number of halogens is 2. The van der Waals surface area contributed by atoms with Crippen LogP contribution in [0, 0.1) is 5.92 Å². The van der Waals surface area contributed by atoms with Crippen LogP contribution in [0.5, 0.6) is 0 Å². The Morgan fingerprint density at radius 3 is 2.27 bits per heavy atom. The van der Waals surface area contributed by atoms with Gasteiger partial charge in [-0.05, 0) is 0 Å². The van der Waals surface area contributed by atoms with E-state index in [9.17, 15) is 0 Å². The maximum absolute atomic E-state index is 5.88. The molecule has 0 radical (unpaired) electrons. The van der Waals surface area contributed by atoms with E-state index in [1.807, 2.05) is 0 Å². The van der Waals surface area contributed by atoms with Crippen LogP contribution in [-0.4, -0.2) is 14.2 Å². The molecule has 0 nitrogen and oxygen atoms in total. The van der Waals surface area contributed by atoms with Gasteiger partial charge in [-0.2, -0.15) is 0 Å². The molecule has 0 fully saturated rings. The summed E-state index contributed by atoms with van der Waals surface area (Å²) in [6.45, 7) is 4.46. The van der Waals surface area contributed by atoms with E-state index < -0.39 is 14.2 Å². The monoisotopic (exact) mass is 252 g/mol. The molecule has 0 spiro atoms. The van der Waals surface area contributed by atoms with Crippen LogP contribution in [0.15, 0.2) is 0 Å². The zero-order valence-corrected chi connectivity index (χ0v) is 11.4. The van der Waals surface area contributed by atoms with E-state index in [1.54, 1.807) is 0 Å². The first-order chi connectivity index (χ1) is 5.20. The average Bonchev–Trinajstić information content (AvgIpc) is 1.97. The Morgan fingerprint density at radius 2 is 1.91 bits per heavy atom. The molecule has 0 heterocycles. The van der Waals surface area contributed by atoms with E-state index in [1.165, 1.54) is 25.7 Å². The van der Waals surface area contributed by atoms with Crippen molar-refractivity contribution in [2.24, 2.45) is 5.92 Å². The molecule has 1 atom stereocenters. The van der Waals surface area contributed by atoms with Crippen LogP contribution in [0.2, 0.25) is 4.98 Å². The second kappa shape index (κ2) is 7.84. The van der Waals surface area contributed by atoms with Crippen LogP contribution in [0.1, 0.15) is 39.5 Å². The van der Waals surface area contributed by atoms with E-state index in [4.69, 9.17) is 19.3 Å². The van der Waals surface area contributed by atoms with Crippen LogP contribution >= 0.6 is 19.3 Å². The van der Waals surface area contributed by atoms with Gasteiger partial charge in [-0.1, -0.05) is 0 Å². The van der Waals surface area contributed by atoms with E-state index >= 15 is 0 Å². The quantitative estimate of drug-likeness (QED) is 0.624. The van der Waals surface area contributed by atoms with Crippen LogP contribution in [-0.2, 0) is 0 Å². The Hall–Kier alpha value is 1.22. The van der Waals surface area contributed by atoms with Crippen molar-refractivity contribution >= 4 is 33.5 Å². The summed E-state index contributed by atoms with van der Waals surface area (Å²) in [5.41, 5.74) is 0. The van der Waals surface area contributed by atoms with Gasteiger partial charge >= 0.3 is 83.9 Å². The zero-order valence-electron chi connectivity index (χ0n) is 7.45. The van der Waals surface area contributed by atoms with Crippen molar-refractivity contribution < 1.29 is 0 Å². The molecule has 0 aliphatic heterocycles. The van der Waals surface area contributed by atoms with E-state index in [-0.39, 0.29) is 0 Å². The Labute approximate surface area is 83.7 Å². The summed E-state index contributed by atoms with van der Waals surface area (Å²) in [6.07, 6.45) is 5.20. The van der Waals surface area contributed by atoms with Gasteiger partial charge in [0.1, 0.15) is 0 Å². The summed E-state index contributed by atoms with van der Waals surface area (Å²) in [5, 5.41) is 0. The number of hydrogen-bond donors (Lipinski definition) is 0. The fraction of sp³-hybridized carbons (Fsp3) is 1.00. The fourth-order valence-electron chi connectivity index (χ4n) is 1.23. The van der Waals surface area contributed by atoms with Gasteiger partial charge in [-0.3, -0.25) is 0 Å². The molecule has 0 aliphatic rings. The fourth-order valence-corrected chi connectivity index (χ4v) is 6.10. The summed E-state index contributed by atoms with van der Waals surface area (Å²) in [7, 11) is 11.8. The predicted octanol–water partition coefficient (Wildman–Crippen LogP) is 4.17. The molecular formula is C8H17Cl2Ga. The molecule has 0 saturated heterocycles. The Balaban J connectivity index is 3.41. The van der Waals surface area contributed by atoms with Gasteiger partial charge < -0.3 is 0 Å². The van der Waals surface area contributed by atoms with Crippen LogP contribution in [0.3, 0.4) is 0 Å². The van der Waals surface area contributed by atoms with Crippen molar-refractivity contribution in [2.75, 3.05) is 0 Å². The first-order valence-corrected chi connectivity index (χ1v) is 12.6. The first-order valence-electron chi connectivity index (χ1n) is 4.48. The zero-order chi connectivity index (χ0) is 8.69. The third-order valence-electron chi connectivity index (χ3n) is 2.05. The Morgan fingerprint density at radius 1 is 1.27 bits per heavy atom. The maximum atomic E-state index is 5.88. The number of unbranched alkanes of at least 4 members (excludes halogenated alkanes) is 1. The minimum absolute atomic E-state index is 0.815. The molecule has 0 aromatic heterocycles. The van der Waals surface area contributed by atoms with Gasteiger partial charge in [0.2, 0.25) is 0 Å². The third kappa shape index (κ3) is 7.57. The Bertz CT molecular complexity index is 86.2. The molecule has 11 heavy (non-hydrogen) atoms. The summed E-state index contributed by atoms with van der Waals surface area (Å²) >= 11 is -1.76. The van der Waals surface area contributed by atoms with Gasteiger partial charge in [-0.15, -0.1) is 0 Å². The van der Waals surface area contributed by atoms with Crippen molar-refractivity contribution in [2.45, 2.75) is 44.5 Å². The van der Waals surface area contributed by atoms with Crippen molar-refractivity contribution in [1.82, 2.24) is 0 Å². The summed E-state index contributed by atoms with van der Waals surface area (Å²) in [6, 6.07) is 0. The molecule has 0 aromatic carbocycles. The van der Waals surface area contributed by atoms with Crippen molar-refractivity contribution in [3.63, 3.8) is 0 Å². The molecule has 3 heteroatoms. The van der Waals surface area contributed by atoms with Crippen LogP contribution in [0.4, 0.5) is 0 Å². The Kier molecular flexibility index (Phi) is 8.71. The summed E-state index contributed by atoms with van der Waals surface area (Å²) in [5.74, 6) is 0.815. The normalized spacial score (nSPS) is 13.1. The third-order valence-corrected chi connectivity index (χ3v) is 6.05. The molecule has 0 amide bonds. The standard InChI is InChI=1S/C8H17.2ClH.Ga/c1-4-6-7-8(3)5-2;;;/h8H,3-7H2,1-2H3;2*1H;/q;;;+2/p-2. The summed E-state index contributed by atoms with van der Waals surface area (Å²) < 4.78 is 0. The summed E-state index contributed by atoms with van der Waals surface area (Å²) in [4.78, 5) is 1.15. The molecular weight excluding hydrogens is 237 g/mol. The van der Waals surface area contributed by atoms with Crippen molar-refractivity contribution in [3.05, 3.63) is 0 Å². The molecule has 0 bridgehead atoms. The van der Waals surface area contributed by atoms with Gasteiger partial charge in [0, 0.05) is 0 Å². The number of hydrogen-bond acceptors (Lipinski definition) is 0. The van der Waals surface area contributed by atoms with Gasteiger partial charge in [0.25, 0.3) is 0 Å². The van der Waals surface area contributed by atoms with Crippen LogP contribution < -0.4 is 0 Å². The topological polar surface area (TPSA) is 0 Å². The average molecular weight is 254 g/mol. The first kappa shape index (κ1) is 12.2. The SMILES string of the molecule is CCCCC(CC)[CH2][Ga]([Cl])[Cl]. The molecule has 0 aromatic rings. The second-order valence-corrected chi connectivity index (χ2v) is 12.3. The molecule has 0 N–H and O–H groups in total. The minimum atomic E-state index is -1.76. The molecule has 0 aliphatic carbocycles. The molecule has 1 unspecified atom stereocenters. The number of rotatable bonds is 6. The predicted molar refractivity (Wildman–Crippen MR) is 55.6 cm³/mol. The van der Waals surface area contributed by atoms with E-state index in [0.717, 1.165) is 10.9 Å². The van der Waals surface area contributed by atoms with Crippen LogP contribution in [0.25, 0.3) is 0 Å². The van der Waals surface area contributed by atoms with Gasteiger partial charge in [0.15, 0.2) is 0 Å². The van der Waals surface area contributed by atoms with Gasteiger partial charge in [0.05, 0.1) is 0 Å². The molecule has 0 rings (SSSR count). The molecule has 66 valence electrons. The molecule has 0 saturated carbocycles. The van der Waals surface area contributed by atoms with E-state index in [2.05, 4.69) is 13.8 Å².